The lowest BCUT2D eigenvalue weighted by Crippen LogP contribution is -2.40. The van der Waals surface area contributed by atoms with Crippen LogP contribution in [0.5, 0.6) is 5.75 Å². The van der Waals surface area contributed by atoms with Gasteiger partial charge in [-0.15, -0.1) is 12.4 Å². The van der Waals surface area contributed by atoms with Crippen LogP contribution in [0, 0.1) is 0 Å². The van der Waals surface area contributed by atoms with Gasteiger partial charge in [-0.25, -0.2) is 0 Å². The average molecular weight is 502 g/mol. The van der Waals surface area contributed by atoms with Crippen molar-refractivity contribution in [2.24, 2.45) is 0 Å². The number of halogens is 2. The molecule has 3 aromatic carbocycles. The summed E-state index contributed by atoms with van der Waals surface area (Å²) in [6, 6.07) is 26.6. The van der Waals surface area contributed by atoms with Crippen LogP contribution in [0.25, 0.3) is 0 Å². The Balaban J connectivity index is 0.00000324. The lowest BCUT2D eigenvalue weighted by molar-refractivity contribution is 0.0106. The van der Waals surface area contributed by atoms with Gasteiger partial charge in [0.15, 0.2) is 0 Å². The van der Waals surface area contributed by atoms with Gasteiger partial charge in [0, 0.05) is 23.9 Å². The van der Waals surface area contributed by atoms with E-state index in [4.69, 9.17) is 25.8 Å². The first-order valence-corrected chi connectivity index (χ1v) is 12.1. The fourth-order valence-electron chi connectivity index (χ4n) is 4.13. The van der Waals surface area contributed by atoms with Crippen LogP contribution < -0.4 is 10.1 Å². The highest BCUT2D eigenvalue weighted by Gasteiger charge is 2.27. The van der Waals surface area contributed by atoms with Gasteiger partial charge < -0.3 is 19.5 Å². The van der Waals surface area contributed by atoms with E-state index in [0.717, 1.165) is 42.3 Å². The molecule has 0 radical (unpaired) electrons. The summed E-state index contributed by atoms with van der Waals surface area (Å²) in [5.74, 6) is 1.25. The van der Waals surface area contributed by atoms with E-state index >= 15 is 0 Å². The molecule has 2 atom stereocenters. The Hall–Kier alpha value is -2.08. The number of piperidine rings is 1. The quantitative estimate of drug-likeness (QED) is 0.308. The number of hydrogen-bond donors (Lipinski definition) is 1. The maximum Gasteiger partial charge on any atom is 0.119 e. The molecule has 1 N–H and O–H groups in total. The van der Waals surface area contributed by atoms with E-state index in [1.165, 1.54) is 11.1 Å². The minimum atomic E-state index is 0. The van der Waals surface area contributed by atoms with Crippen molar-refractivity contribution in [1.82, 2.24) is 5.32 Å². The lowest BCUT2D eigenvalue weighted by atomic mass is 9.87. The van der Waals surface area contributed by atoms with Gasteiger partial charge in [0.05, 0.1) is 32.5 Å². The molecule has 0 saturated carbocycles. The number of rotatable bonds is 11. The number of nitrogens with one attached hydrogen (secondary N) is 1. The molecular weight excluding hydrogens is 469 g/mol. The van der Waals surface area contributed by atoms with Gasteiger partial charge in [0.25, 0.3) is 0 Å². The van der Waals surface area contributed by atoms with Crippen LogP contribution in [0.3, 0.4) is 0 Å². The lowest BCUT2D eigenvalue weighted by Gasteiger charge is -2.32. The van der Waals surface area contributed by atoms with Gasteiger partial charge in [0.1, 0.15) is 5.75 Å². The zero-order valence-electron chi connectivity index (χ0n) is 19.3. The zero-order valence-corrected chi connectivity index (χ0v) is 20.9. The predicted octanol–water partition coefficient (Wildman–Crippen LogP) is 6.41. The number of ether oxygens (including phenoxy) is 3. The molecule has 3 aromatic rings. The molecule has 1 aliphatic rings. The van der Waals surface area contributed by atoms with Crippen LogP contribution in [0.2, 0.25) is 5.02 Å². The summed E-state index contributed by atoms with van der Waals surface area (Å²) in [6.45, 7) is 4.34. The third-order valence-corrected chi connectivity index (χ3v) is 6.33. The third-order valence-electron chi connectivity index (χ3n) is 5.96. The first-order chi connectivity index (χ1) is 16.3. The van der Waals surface area contributed by atoms with Crippen molar-refractivity contribution in [3.63, 3.8) is 0 Å². The van der Waals surface area contributed by atoms with E-state index in [0.29, 0.717) is 32.3 Å². The molecule has 182 valence electrons. The molecule has 6 heteroatoms. The number of hydrogen-bond acceptors (Lipinski definition) is 4. The highest BCUT2D eigenvalue weighted by atomic mass is 35.5. The van der Waals surface area contributed by atoms with Gasteiger partial charge in [-0.05, 0) is 47.9 Å². The molecular formula is C28H33Cl2NO3. The number of benzene rings is 3. The Labute approximate surface area is 214 Å². The van der Waals surface area contributed by atoms with Gasteiger partial charge in [-0.1, -0.05) is 72.3 Å². The molecule has 0 spiro atoms. The van der Waals surface area contributed by atoms with Crippen molar-refractivity contribution in [3.8, 4) is 5.75 Å². The molecule has 4 rings (SSSR count). The summed E-state index contributed by atoms with van der Waals surface area (Å²) in [5, 5.41) is 4.21. The summed E-state index contributed by atoms with van der Waals surface area (Å²) < 4.78 is 17.9. The maximum absolute atomic E-state index is 6.29. The van der Waals surface area contributed by atoms with E-state index < -0.39 is 0 Å². The molecule has 1 aliphatic heterocycles. The fourth-order valence-corrected chi connectivity index (χ4v) is 4.32. The van der Waals surface area contributed by atoms with Crippen LogP contribution in [0.15, 0.2) is 78.9 Å². The largest absolute Gasteiger partial charge is 0.494 e. The summed E-state index contributed by atoms with van der Waals surface area (Å²) in [7, 11) is 0. The maximum atomic E-state index is 6.29. The second-order valence-corrected chi connectivity index (χ2v) is 8.76. The van der Waals surface area contributed by atoms with Gasteiger partial charge >= 0.3 is 0 Å². The van der Waals surface area contributed by atoms with Crippen LogP contribution in [0.1, 0.15) is 35.4 Å². The first-order valence-electron chi connectivity index (χ1n) is 11.7. The highest BCUT2D eigenvalue weighted by Crippen LogP contribution is 2.30. The summed E-state index contributed by atoms with van der Waals surface area (Å²) in [4.78, 5) is 0. The minimum absolute atomic E-state index is 0. The molecule has 2 unspecified atom stereocenters. The topological polar surface area (TPSA) is 39.7 Å². The third kappa shape index (κ3) is 8.00. The first kappa shape index (κ1) is 26.5. The van der Waals surface area contributed by atoms with Crippen LogP contribution in [-0.2, 0) is 22.7 Å². The van der Waals surface area contributed by atoms with Gasteiger partial charge in [-0.3, -0.25) is 0 Å². The Bertz CT molecular complexity index is 969. The molecule has 4 nitrogen and oxygen atoms in total. The van der Waals surface area contributed by atoms with E-state index in [9.17, 15) is 0 Å². The highest BCUT2D eigenvalue weighted by molar-refractivity contribution is 6.31. The molecule has 34 heavy (non-hydrogen) atoms. The Morgan fingerprint density at radius 2 is 1.62 bits per heavy atom. The van der Waals surface area contributed by atoms with Crippen molar-refractivity contribution >= 4 is 24.0 Å². The van der Waals surface area contributed by atoms with E-state index in [-0.39, 0.29) is 18.5 Å². The molecule has 0 aromatic heterocycles. The van der Waals surface area contributed by atoms with Crippen LogP contribution >= 0.6 is 24.0 Å². The second kappa shape index (κ2) is 14.3. The molecule has 0 aliphatic carbocycles. The SMILES string of the molecule is Cl.Clc1ccccc1COC1CNCCC1c1ccc(OCCCOCc2ccccc2)cc1. The van der Waals surface area contributed by atoms with E-state index in [2.05, 4.69) is 41.7 Å². The smallest absolute Gasteiger partial charge is 0.119 e. The predicted molar refractivity (Wildman–Crippen MR) is 140 cm³/mol. The van der Waals surface area contributed by atoms with Crippen molar-refractivity contribution < 1.29 is 14.2 Å². The molecule has 0 amide bonds. The van der Waals surface area contributed by atoms with Gasteiger partial charge in [-0.2, -0.15) is 0 Å². The fraction of sp³-hybridized carbons (Fsp3) is 0.357. The van der Waals surface area contributed by atoms with Crippen LogP contribution in [-0.4, -0.2) is 32.4 Å². The summed E-state index contributed by atoms with van der Waals surface area (Å²) in [5.41, 5.74) is 3.51. The van der Waals surface area contributed by atoms with E-state index in [1.807, 2.05) is 42.5 Å². The van der Waals surface area contributed by atoms with E-state index in [1.54, 1.807) is 0 Å². The summed E-state index contributed by atoms with van der Waals surface area (Å²) >= 11 is 6.29. The summed E-state index contributed by atoms with van der Waals surface area (Å²) in [6.07, 6.45) is 2.02. The minimum Gasteiger partial charge on any atom is -0.494 e. The van der Waals surface area contributed by atoms with Crippen molar-refractivity contribution in [1.29, 1.82) is 0 Å². The van der Waals surface area contributed by atoms with Crippen molar-refractivity contribution in [2.45, 2.75) is 38.1 Å². The van der Waals surface area contributed by atoms with Crippen molar-refractivity contribution in [2.75, 3.05) is 26.3 Å². The molecule has 1 saturated heterocycles. The second-order valence-electron chi connectivity index (χ2n) is 8.35. The molecule has 0 bridgehead atoms. The van der Waals surface area contributed by atoms with Crippen molar-refractivity contribution in [3.05, 3.63) is 101 Å². The normalized spacial score (nSPS) is 17.7. The van der Waals surface area contributed by atoms with Crippen LogP contribution in [0.4, 0.5) is 0 Å². The average Bonchev–Trinajstić information content (AvgIpc) is 2.87. The standard InChI is InChI=1S/C28H32ClNO3.ClH/c29-27-10-5-4-9-24(27)21-33-28-19-30-16-15-26(28)23-11-13-25(14-12-23)32-18-6-17-31-20-22-7-2-1-3-8-22;/h1-5,7-14,26,28,30H,6,15-21H2;1H. The molecule has 1 heterocycles. The Kier molecular flexibility index (Phi) is 11.2. The van der Waals surface area contributed by atoms with Gasteiger partial charge in [0.2, 0.25) is 0 Å². The zero-order chi connectivity index (χ0) is 22.7. The Morgan fingerprint density at radius 1 is 0.853 bits per heavy atom. The molecule has 1 fully saturated rings. The monoisotopic (exact) mass is 501 g/mol. The Morgan fingerprint density at radius 3 is 2.41 bits per heavy atom.